The number of rotatable bonds is 5. The number of fused-ring (bicyclic) bond motifs is 10. The zero-order chi connectivity index (χ0) is 35.6. The minimum Gasteiger partial charge on any atom is -0.310 e. The molecule has 1 nitrogen and oxygen atoms in total. The first kappa shape index (κ1) is 31.2. The minimum absolute atomic E-state index is 0.431. The van der Waals surface area contributed by atoms with Gasteiger partial charge in [-0.05, 0) is 131 Å². The van der Waals surface area contributed by atoms with E-state index in [1.165, 1.54) is 80.7 Å². The smallest absolute Gasteiger partial charge is 0.0468 e. The quantitative estimate of drug-likeness (QED) is 0.164. The van der Waals surface area contributed by atoms with E-state index < -0.39 is 0 Å². The molecule has 0 fully saturated rings. The van der Waals surface area contributed by atoms with Crippen LogP contribution in [0.5, 0.6) is 0 Å². The minimum atomic E-state index is 0.431. The Labute approximate surface area is 319 Å². The monoisotopic (exact) mass is 705 g/mol. The Morgan fingerprint density at radius 2 is 1.07 bits per heavy atom. The summed E-state index contributed by atoms with van der Waals surface area (Å²) in [5, 5.41) is 10.4. The number of nitrogens with zero attached hydrogens (tertiary/aromatic N) is 1. The molecule has 1 atom stereocenters. The van der Waals surface area contributed by atoms with Gasteiger partial charge in [0.2, 0.25) is 0 Å². The van der Waals surface area contributed by atoms with E-state index in [-0.39, 0.29) is 0 Å². The molecule has 1 aliphatic heterocycles. The van der Waals surface area contributed by atoms with Gasteiger partial charge in [0.25, 0.3) is 0 Å². The first-order valence-corrected chi connectivity index (χ1v) is 19.6. The van der Waals surface area contributed by atoms with Gasteiger partial charge in [-0.2, -0.15) is 0 Å². The molecule has 0 radical (unpaired) electrons. The van der Waals surface area contributed by atoms with Crippen molar-refractivity contribution in [1.82, 2.24) is 0 Å². The van der Waals surface area contributed by atoms with Crippen LogP contribution in [0.4, 0.5) is 17.1 Å². The number of anilines is 3. The molecule has 9 aromatic carbocycles. The van der Waals surface area contributed by atoms with Crippen molar-refractivity contribution in [3.8, 4) is 22.3 Å². The van der Waals surface area contributed by atoms with Gasteiger partial charge < -0.3 is 4.90 Å². The Morgan fingerprint density at radius 3 is 1.96 bits per heavy atom. The zero-order valence-corrected chi connectivity index (χ0v) is 30.4. The van der Waals surface area contributed by atoms with Crippen LogP contribution in [-0.2, 0) is 0 Å². The van der Waals surface area contributed by atoms with Gasteiger partial charge in [-0.3, -0.25) is 0 Å². The average Bonchev–Trinajstić information content (AvgIpc) is 3.63. The second kappa shape index (κ2) is 12.7. The summed E-state index contributed by atoms with van der Waals surface area (Å²) >= 11 is 1.94. The highest BCUT2D eigenvalue weighted by atomic mass is 32.2. The lowest BCUT2D eigenvalue weighted by Gasteiger charge is -2.27. The van der Waals surface area contributed by atoms with E-state index in [0.29, 0.717) is 5.92 Å². The Bertz CT molecular complexity index is 2990. The maximum atomic E-state index is 2.43. The maximum absolute atomic E-state index is 2.43. The normalized spacial score (nSPS) is 14.7. The molecule has 54 heavy (non-hydrogen) atoms. The van der Waals surface area contributed by atoms with Crippen LogP contribution in [0, 0.1) is 0 Å². The Balaban J connectivity index is 1.05. The molecular formula is C52H35NS. The summed E-state index contributed by atoms with van der Waals surface area (Å²) in [4.78, 5) is 5.27. The van der Waals surface area contributed by atoms with Gasteiger partial charge in [0.05, 0.1) is 0 Å². The van der Waals surface area contributed by atoms with Crippen LogP contribution in [0.1, 0.15) is 17.9 Å². The summed E-state index contributed by atoms with van der Waals surface area (Å²) in [7, 11) is 0. The van der Waals surface area contributed by atoms with E-state index in [0.717, 1.165) is 23.5 Å². The molecule has 254 valence electrons. The third kappa shape index (κ3) is 5.17. The fraction of sp³-hybridized carbons (Fsp3) is 0.0385. The number of thioether (sulfide) groups is 1. The van der Waals surface area contributed by atoms with Crippen LogP contribution in [0.15, 0.2) is 204 Å². The van der Waals surface area contributed by atoms with Gasteiger partial charge in [0.1, 0.15) is 0 Å². The molecule has 0 saturated carbocycles. The SMILES string of the molecule is C1=CCC2C(=C1)Sc1ccc3ccc(N(c4ccc(-c5ccc6ccc7ccc8ccccc8c7c6c5)cc4)c4cccc(-c5ccccc5)c4)cc3c12. The molecule has 1 heterocycles. The highest BCUT2D eigenvalue weighted by Gasteiger charge is 2.30. The fourth-order valence-electron chi connectivity index (χ4n) is 8.71. The van der Waals surface area contributed by atoms with E-state index in [1.54, 1.807) is 0 Å². The summed E-state index contributed by atoms with van der Waals surface area (Å²) in [6, 6.07) is 65.1. The standard InChI is InChI=1S/C52H35NS/c1-2-9-34(10-3-1)40-12-8-13-43(31-40)53(44-29-25-38-26-30-50-52(48(38)33-44)46-15-6-7-16-49(46)54-50)42-27-23-35(24-28-42)41-22-19-37-18-21-39-20-17-36-11-4-5-14-45(36)51(39)47(37)32-41/h1-14,16-33,46H,15H2. The van der Waals surface area contributed by atoms with Crippen LogP contribution < -0.4 is 4.90 Å². The molecule has 9 aromatic rings. The lowest BCUT2D eigenvalue weighted by Crippen LogP contribution is -2.10. The fourth-order valence-corrected chi connectivity index (χ4v) is 9.97. The summed E-state index contributed by atoms with van der Waals surface area (Å²) in [5.74, 6) is 0.431. The highest BCUT2D eigenvalue weighted by molar-refractivity contribution is 8.03. The molecule has 0 amide bonds. The summed E-state index contributed by atoms with van der Waals surface area (Å²) in [5.41, 5.74) is 9.73. The van der Waals surface area contributed by atoms with Crippen molar-refractivity contribution in [2.45, 2.75) is 17.2 Å². The largest absolute Gasteiger partial charge is 0.310 e. The Kier molecular flexibility index (Phi) is 7.31. The van der Waals surface area contributed by atoms with Crippen molar-refractivity contribution in [3.05, 3.63) is 205 Å². The molecule has 0 bridgehead atoms. The summed E-state index contributed by atoms with van der Waals surface area (Å²) in [6.07, 6.45) is 7.89. The second-order valence-electron chi connectivity index (χ2n) is 14.5. The highest BCUT2D eigenvalue weighted by Crippen LogP contribution is 2.54. The van der Waals surface area contributed by atoms with Crippen molar-refractivity contribution in [2.24, 2.45) is 0 Å². The van der Waals surface area contributed by atoms with Crippen molar-refractivity contribution >= 4 is 71.9 Å². The third-order valence-corrected chi connectivity index (χ3v) is 12.6. The molecule has 11 rings (SSSR count). The van der Waals surface area contributed by atoms with Crippen molar-refractivity contribution in [2.75, 3.05) is 4.90 Å². The lowest BCUT2D eigenvalue weighted by molar-refractivity contribution is 0.846. The van der Waals surface area contributed by atoms with Gasteiger partial charge in [0, 0.05) is 27.9 Å². The van der Waals surface area contributed by atoms with Crippen LogP contribution in [-0.4, -0.2) is 0 Å². The van der Waals surface area contributed by atoms with E-state index in [2.05, 4.69) is 199 Å². The second-order valence-corrected chi connectivity index (χ2v) is 15.6. The molecule has 1 aliphatic carbocycles. The molecule has 1 unspecified atom stereocenters. The number of hydrogen-bond donors (Lipinski definition) is 0. The van der Waals surface area contributed by atoms with Crippen LogP contribution in [0.3, 0.4) is 0 Å². The molecule has 2 aliphatic rings. The molecule has 0 saturated heterocycles. The van der Waals surface area contributed by atoms with Crippen LogP contribution in [0.25, 0.3) is 65.3 Å². The Morgan fingerprint density at radius 1 is 0.444 bits per heavy atom. The third-order valence-electron chi connectivity index (χ3n) is 11.3. The van der Waals surface area contributed by atoms with Crippen LogP contribution >= 0.6 is 11.8 Å². The first-order chi connectivity index (χ1) is 26.7. The lowest BCUT2D eigenvalue weighted by atomic mass is 9.88. The predicted molar refractivity (Wildman–Crippen MR) is 232 cm³/mol. The van der Waals surface area contributed by atoms with Crippen LogP contribution in [0.2, 0.25) is 0 Å². The molecule has 0 spiro atoms. The van der Waals surface area contributed by atoms with Crippen molar-refractivity contribution in [3.63, 3.8) is 0 Å². The van der Waals surface area contributed by atoms with E-state index in [1.807, 2.05) is 11.8 Å². The van der Waals surface area contributed by atoms with E-state index in [9.17, 15) is 0 Å². The van der Waals surface area contributed by atoms with Gasteiger partial charge in [0.15, 0.2) is 0 Å². The molecule has 0 N–H and O–H groups in total. The number of allylic oxidation sites excluding steroid dienone is 4. The molecule has 0 aromatic heterocycles. The molecular weight excluding hydrogens is 671 g/mol. The predicted octanol–water partition coefficient (Wildman–Crippen LogP) is 15.1. The summed E-state index contributed by atoms with van der Waals surface area (Å²) < 4.78 is 0. The van der Waals surface area contributed by atoms with Crippen molar-refractivity contribution < 1.29 is 0 Å². The van der Waals surface area contributed by atoms with Gasteiger partial charge >= 0.3 is 0 Å². The van der Waals surface area contributed by atoms with Crippen molar-refractivity contribution in [1.29, 1.82) is 0 Å². The number of benzene rings is 9. The topological polar surface area (TPSA) is 3.24 Å². The van der Waals surface area contributed by atoms with Gasteiger partial charge in [-0.1, -0.05) is 157 Å². The summed E-state index contributed by atoms with van der Waals surface area (Å²) in [6.45, 7) is 0. The molecule has 2 heteroatoms. The Hall–Kier alpha value is -6.35. The van der Waals surface area contributed by atoms with Gasteiger partial charge in [-0.15, -0.1) is 0 Å². The van der Waals surface area contributed by atoms with E-state index >= 15 is 0 Å². The first-order valence-electron chi connectivity index (χ1n) is 18.8. The zero-order valence-electron chi connectivity index (χ0n) is 29.6. The average molecular weight is 706 g/mol. The van der Waals surface area contributed by atoms with E-state index in [4.69, 9.17) is 0 Å². The number of hydrogen-bond acceptors (Lipinski definition) is 2. The maximum Gasteiger partial charge on any atom is 0.0468 e. The van der Waals surface area contributed by atoms with Gasteiger partial charge in [-0.25, -0.2) is 0 Å².